The maximum Gasteiger partial charge on any atom is 0.334 e. The Bertz CT molecular complexity index is 1520. The van der Waals surface area contributed by atoms with Gasteiger partial charge in [0, 0.05) is 48.4 Å². The Balaban J connectivity index is 1.25. The van der Waals surface area contributed by atoms with Crippen molar-refractivity contribution >= 4 is 11.7 Å². The highest BCUT2D eigenvalue weighted by atomic mass is 16.8. The minimum Gasteiger partial charge on any atom is -0.450 e. The highest BCUT2D eigenvalue weighted by molar-refractivity contribution is 5.92. The predicted molar refractivity (Wildman–Crippen MR) is 198 cm³/mol. The molecule has 51 heavy (non-hydrogen) atoms. The van der Waals surface area contributed by atoms with Crippen LogP contribution in [0.3, 0.4) is 0 Å². The summed E-state index contributed by atoms with van der Waals surface area (Å²) in [6, 6.07) is 0. The molecule has 4 bridgehead atoms. The Morgan fingerprint density at radius 3 is 2.45 bits per heavy atom. The van der Waals surface area contributed by atoms with Gasteiger partial charge < -0.3 is 29.2 Å². The third-order valence-electron chi connectivity index (χ3n) is 14.0. The summed E-state index contributed by atoms with van der Waals surface area (Å²) in [5.74, 6) is -1.30. The summed E-state index contributed by atoms with van der Waals surface area (Å²) in [6.07, 6.45) is 14.9. The Hall–Kier alpha value is -2.10. The molecular formula is C43H63NO7. The van der Waals surface area contributed by atoms with Gasteiger partial charge in [0.05, 0.1) is 18.3 Å². The largest absolute Gasteiger partial charge is 0.450 e. The summed E-state index contributed by atoms with van der Waals surface area (Å²) in [5.41, 5.74) is 5.76. The zero-order valence-corrected chi connectivity index (χ0v) is 32.1. The van der Waals surface area contributed by atoms with Gasteiger partial charge in [0.2, 0.25) is 5.79 Å². The number of cyclic esters (lactones) is 1. The molecule has 282 valence electrons. The van der Waals surface area contributed by atoms with E-state index in [0.29, 0.717) is 49.5 Å². The van der Waals surface area contributed by atoms with E-state index in [1.807, 2.05) is 13.0 Å². The monoisotopic (exact) mass is 705 g/mol. The molecule has 7 rings (SSSR count). The molecule has 6 aliphatic heterocycles. The smallest absolute Gasteiger partial charge is 0.334 e. The van der Waals surface area contributed by atoms with E-state index in [1.165, 1.54) is 22.4 Å². The number of carbonyl (C=O) groups is 1. The predicted octanol–water partition coefficient (Wildman–Crippen LogP) is 8.22. The lowest BCUT2D eigenvalue weighted by Crippen LogP contribution is -2.67. The van der Waals surface area contributed by atoms with E-state index in [4.69, 9.17) is 23.9 Å². The van der Waals surface area contributed by atoms with E-state index < -0.39 is 23.3 Å². The highest BCUT2D eigenvalue weighted by Gasteiger charge is 2.63. The van der Waals surface area contributed by atoms with Gasteiger partial charge in [-0.3, -0.25) is 4.99 Å². The standard InChI is InChI=1S/C43H63NO7/c1-26-9-8-10-38-41(22-29(4)30(5)25-44-38)17-15-35(37-21-28(3)39(46)48-37)31(6)36(41)20-27(2)11-12-33-14-18-42(49-33)23-32(45)24-43(51-42)40(7,47)16-13-34(19-26)50-43/h20-21,29-30,32-34,36-37,45,47H,1,8-19,22-25H2,2-7H3/b27-20+. The Labute approximate surface area is 305 Å². The third-order valence-corrected chi connectivity index (χ3v) is 14.0. The zero-order valence-electron chi connectivity index (χ0n) is 32.1. The van der Waals surface area contributed by atoms with E-state index in [9.17, 15) is 15.0 Å². The molecule has 3 saturated heterocycles. The molecule has 1 aliphatic carbocycles. The number of hydrogen-bond donors (Lipinski definition) is 2. The van der Waals surface area contributed by atoms with Crippen LogP contribution < -0.4 is 0 Å². The number of fused-ring (bicyclic) bond motifs is 2. The van der Waals surface area contributed by atoms with Crippen LogP contribution in [0.2, 0.25) is 0 Å². The molecular weight excluding hydrogens is 642 g/mol. The number of allylic oxidation sites excluding steroid dienone is 3. The van der Waals surface area contributed by atoms with Crippen LogP contribution in [-0.2, 0) is 23.7 Å². The van der Waals surface area contributed by atoms with Crippen molar-refractivity contribution in [2.45, 2.75) is 179 Å². The number of aliphatic hydroxyl groups is 2. The van der Waals surface area contributed by atoms with Crippen molar-refractivity contribution in [2.75, 3.05) is 6.54 Å². The normalized spacial score (nSPS) is 46.6. The van der Waals surface area contributed by atoms with Gasteiger partial charge in [-0.1, -0.05) is 43.2 Å². The van der Waals surface area contributed by atoms with Crippen molar-refractivity contribution in [3.8, 4) is 0 Å². The van der Waals surface area contributed by atoms with Gasteiger partial charge in [-0.05, 0) is 128 Å². The van der Waals surface area contributed by atoms with Crippen molar-refractivity contribution in [3.63, 3.8) is 0 Å². The van der Waals surface area contributed by atoms with E-state index in [0.717, 1.165) is 69.9 Å². The van der Waals surface area contributed by atoms with Gasteiger partial charge in [0.1, 0.15) is 11.7 Å². The number of hydrogen-bond acceptors (Lipinski definition) is 8. The van der Waals surface area contributed by atoms with Crippen molar-refractivity contribution in [3.05, 3.63) is 46.6 Å². The quantitative estimate of drug-likeness (QED) is 0.209. The first-order valence-electron chi connectivity index (χ1n) is 20.1. The minimum atomic E-state index is -1.32. The van der Waals surface area contributed by atoms with Crippen LogP contribution in [0.4, 0.5) is 0 Å². The molecule has 0 amide bonds. The van der Waals surface area contributed by atoms with Crippen LogP contribution in [0.5, 0.6) is 0 Å². The average molecular weight is 706 g/mol. The van der Waals surface area contributed by atoms with Crippen molar-refractivity contribution in [1.29, 1.82) is 0 Å². The number of aliphatic hydroxyl groups excluding tert-OH is 1. The summed E-state index contributed by atoms with van der Waals surface area (Å²) in [5, 5.41) is 23.0. The molecule has 6 heterocycles. The molecule has 8 nitrogen and oxygen atoms in total. The number of aliphatic imine (C=N–C) groups is 1. The fraction of sp³-hybridized carbons (Fsp3) is 0.767. The SMILES string of the molecule is C=C1CCCC2=NCC(C)C(C)CC23CCC(C2C=C(C)C(=O)O2)=C(C)C3/C=C(\C)CCC2CCC3(CC(O)CC4(OC(CCC4(C)O)C1)O3)O2. The molecule has 0 aromatic carbocycles. The summed E-state index contributed by atoms with van der Waals surface area (Å²) in [6.45, 7) is 18.3. The zero-order chi connectivity index (χ0) is 36.3. The number of rotatable bonds is 1. The number of esters is 1. The number of nitrogens with zero attached hydrogens (tertiary/aromatic N) is 1. The van der Waals surface area contributed by atoms with Crippen LogP contribution in [0, 0.1) is 23.2 Å². The van der Waals surface area contributed by atoms with E-state index in [2.05, 4.69) is 40.3 Å². The Morgan fingerprint density at radius 1 is 0.902 bits per heavy atom. The fourth-order valence-electron chi connectivity index (χ4n) is 10.7. The molecule has 0 aromatic heterocycles. The molecule has 11 unspecified atom stereocenters. The topological polar surface area (TPSA) is 107 Å². The van der Waals surface area contributed by atoms with E-state index in [-0.39, 0.29) is 42.0 Å². The molecule has 7 aliphatic rings. The van der Waals surface area contributed by atoms with Crippen molar-refractivity contribution in [2.24, 2.45) is 28.2 Å². The highest BCUT2D eigenvalue weighted by Crippen LogP contribution is 2.55. The average Bonchev–Trinajstić information content (AvgIpc) is 3.57. The maximum absolute atomic E-state index is 12.5. The molecule has 3 fully saturated rings. The van der Waals surface area contributed by atoms with Crippen LogP contribution in [0.25, 0.3) is 0 Å². The van der Waals surface area contributed by atoms with Gasteiger partial charge in [-0.25, -0.2) is 4.79 Å². The fourth-order valence-corrected chi connectivity index (χ4v) is 10.7. The van der Waals surface area contributed by atoms with Gasteiger partial charge in [0.15, 0.2) is 5.79 Å². The third kappa shape index (κ3) is 7.02. The summed E-state index contributed by atoms with van der Waals surface area (Å²) >= 11 is 0. The van der Waals surface area contributed by atoms with Gasteiger partial charge >= 0.3 is 5.97 Å². The molecule has 2 N–H and O–H groups in total. The van der Waals surface area contributed by atoms with Crippen LogP contribution in [0.1, 0.15) is 138 Å². The second-order valence-corrected chi connectivity index (χ2v) is 18.0. The van der Waals surface area contributed by atoms with Crippen LogP contribution in [-0.4, -0.2) is 70.0 Å². The summed E-state index contributed by atoms with van der Waals surface area (Å²) in [7, 11) is 0. The minimum absolute atomic E-state index is 0.0173. The van der Waals surface area contributed by atoms with Crippen LogP contribution >= 0.6 is 0 Å². The lowest BCUT2D eigenvalue weighted by Gasteiger charge is -2.56. The van der Waals surface area contributed by atoms with Crippen molar-refractivity contribution in [1.82, 2.24) is 0 Å². The van der Waals surface area contributed by atoms with Crippen LogP contribution in [0.15, 0.2) is 51.6 Å². The molecule has 3 spiro atoms. The lowest BCUT2D eigenvalue weighted by molar-refractivity contribution is -0.445. The van der Waals surface area contributed by atoms with Gasteiger partial charge in [0.25, 0.3) is 0 Å². The van der Waals surface area contributed by atoms with Gasteiger partial charge in [-0.2, -0.15) is 0 Å². The summed E-state index contributed by atoms with van der Waals surface area (Å²) < 4.78 is 26.3. The number of carbonyl (C=O) groups excluding carboxylic acids is 1. The Morgan fingerprint density at radius 2 is 1.69 bits per heavy atom. The molecule has 8 heteroatoms. The first-order valence-corrected chi connectivity index (χ1v) is 20.1. The maximum atomic E-state index is 12.5. The molecule has 0 aromatic rings. The number of ether oxygens (including phenoxy) is 4. The van der Waals surface area contributed by atoms with E-state index in [1.54, 1.807) is 6.92 Å². The first kappa shape index (κ1) is 37.2. The lowest BCUT2D eigenvalue weighted by atomic mass is 9.56. The summed E-state index contributed by atoms with van der Waals surface area (Å²) in [4.78, 5) is 18.0. The molecule has 11 atom stereocenters. The molecule has 0 saturated carbocycles. The second-order valence-electron chi connectivity index (χ2n) is 18.0. The Kier molecular flexibility index (Phi) is 10.2. The van der Waals surface area contributed by atoms with Crippen molar-refractivity contribution < 1.29 is 34.0 Å². The van der Waals surface area contributed by atoms with E-state index >= 15 is 0 Å². The second kappa shape index (κ2) is 14.0. The first-order chi connectivity index (χ1) is 24.1. The van der Waals surface area contributed by atoms with Gasteiger partial charge in [-0.15, -0.1) is 0 Å². The molecule has 0 radical (unpaired) electrons.